The van der Waals surface area contributed by atoms with Crippen LogP contribution in [-0.2, 0) is 4.79 Å². The van der Waals surface area contributed by atoms with Gasteiger partial charge in [-0.15, -0.1) is 0 Å². The smallest absolute Gasteiger partial charge is 0.286 e. The van der Waals surface area contributed by atoms with Crippen molar-refractivity contribution in [2.75, 3.05) is 19.4 Å². The summed E-state index contributed by atoms with van der Waals surface area (Å²) in [4.78, 5) is 26.2. The zero-order valence-corrected chi connectivity index (χ0v) is 16.0. The van der Waals surface area contributed by atoms with Gasteiger partial charge in [0.2, 0.25) is 5.91 Å². The Morgan fingerprint density at radius 1 is 1.04 bits per heavy atom. The Bertz CT molecular complexity index is 802. The lowest BCUT2D eigenvalue weighted by molar-refractivity contribution is -0.111. The van der Waals surface area contributed by atoms with Crippen molar-refractivity contribution in [3.8, 4) is 0 Å². The third kappa shape index (κ3) is 5.53. The van der Waals surface area contributed by atoms with Crippen molar-refractivity contribution in [3.05, 3.63) is 64.1 Å². The molecule has 0 saturated carbocycles. The van der Waals surface area contributed by atoms with Gasteiger partial charge in [-0.2, -0.15) is 0 Å². The van der Waals surface area contributed by atoms with Crippen molar-refractivity contribution < 1.29 is 9.59 Å². The second kappa shape index (κ2) is 8.94. The molecule has 2 aromatic rings. The van der Waals surface area contributed by atoms with Crippen LogP contribution in [0.15, 0.2) is 53.4 Å². The van der Waals surface area contributed by atoms with Gasteiger partial charge < -0.3 is 10.2 Å². The van der Waals surface area contributed by atoms with Crippen LogP contribution in [0.2, 0.25) is 10.0 Å². The number of halogens is 2. The van der Waals surface area contributed by atoms with Crippen LogP contribution in [0.1, 0.15) is 5.56 Å². The van der Waals surface area contributed by atoms with Crippen LogP contribution in [-0.4, -0.2) is 30.1 Å². The van der Waals surface area contributed by atoms with E-state index in [0.29, 0.717) is 26.2 Å². The molecule has 0 bridgehead atoms. The molecule has 0 unspecified atom stereocenters. The molecule has 7 heteroatoms. The summed E-state index contributed by atoms with van der Waals surface area (Å²) in [5, 5.41) is 3.56. The molecule has 0 aliphatic heterocycles. The van der Waals surface area contributed by atoms with Crippen LogP contribution >= 0.6 is 35.0 Å². The number of amides is 2. The van der Waals surface area contributed by atoms with Gasteiger partial charge in [0.25, 0.3) is 5.24 Å². The molecule has 0 aliphatic carbocycles. The maximum atomic E-state index is 12.2. The highest BCUT2D eigenvalue weighted by atomic mass is 35.5. The molecule has 0 aromatic heterocycles. The lowest BCUT2D eigenvalue weighted by atomic mass is 10.2. The molecular formula is C18H16Cl2N2O2S. The molecule has 0 radical (unpaired) electrons. The van der Waals surface area contributed by atoms with Crippen LogP contribution in [0, 0.1) is 0 Å². The summed E-state index contributed by atoms with van der Waals surface area (Å²) in [5.74, 6) is -0.346. The Morgan fingerprint density at radius 2 is 1.68 bits per heavy atom. The summed E-state index contributed by atoms with van der Waals surface area (Å²) in [6.45, 7) is 0. The number of anilines is 1. The van der Waals surface area contributed by atoms with E-state index in [0.717, 1.165) is 11.8 Å². The van der Waals surface area contributed by atoms with Gasteiger partial charge in [-0.25, -0.2) is 0 Å². The maximum Gasteiger partial charge on any atom is 0.286 e. The molecule has 0 heterocycles. The standard InChI is InChI=1S/C18H16Cl2N2O2S/c1-22(2)18(24)25-16-9-4-3-8-15(16)21-17(23)11-10-12-13(19)6-5-7-14(12)20/h3-11H,1-2H3,(H,21,23)/b11-10+. The average Bonchev–Trinajstić information content (AvgIpc) is 2.56. The van der Waals surface area contributed by atoms with Gasteiger partial charge in [0.1, 0.15) is 0 Å². The first kappa shape index (κ1) is 19.4. The van der Waals surface area contributed by atoms with Gasteiger partial charge in [0.05, 0.1) is 5.69 Å². The molecule has 2 rings (SSSR count). The minimum atomic E-state index is -0.346. The number of hydrogen-bond donors (Lipinski definition) is 1. The summed E-state index contributed by atoms with van der Waals surface area (Å²) in [6.07, 6.45) is 2.91. The third-order valence-corrected chi connectivity index (χ3v) is 4.88. The molecule has 0 fully saturated rings. The second-order valence-corrected chi connectivity index (χ2v) is 7.02. The van der Waals surface area contributed by atoms with E-state index in [9.17, 15) is 9.59 Å². The number of rotatable bonds is 4. The van der Waals surface area contributed by atoms with E-state index in [1.54, 1.807) is 62.6 Å². The van der Waals surface area contributed by atoms with Gasteiger partial charge in [0, 0.05) is 40.7 Å². The Balaban J connectivity index is 2.13. The van der Waals surface area contributed by atoms with Crippen molar-refractivity contribution in [3.63, 3.8) is 0 Å². The SMILES string of the molecule is CN(C)C(=O)Sc1ccccc1NC(=O)/C=C/c1c(Cl)cccc1Cl. The minimum absolute atomic E-state index is 0.125. The normalized spacial score (nSPS) is 10.7. The largest absolute Gasteiger partial charge is 0.339 e. The number of thioether (sulfide) groups is 1. The molecule has 0 saturated heterocycles. The lowest BCUT2D eigenvalue weighted by Gasteiger charge is -2.12. The zero-order chi connectivity index (χ0) is 18.4. The highest BCUT2D eigenvalue weighted by Crippen LogP contribution is 2.29. The summed E-state index contributed by atoms with van der Waals surface area (Å²) in [6, 6.07) is 12.2. The van der Waals surface area contributed by atoms with Crippen LogP contribution < -0.4 is 5.32 Å². The van der Waals surface area contributed by atoms with Gasteiger partial charge in [-0.3, -0.25) is 9.59 Å². The third-order valence-electron chi connectivity index (χ3n) is 3.11. The molecular weight excluding hydrogens is 379 g/mol. The Labute approximate surface area is 160 Å². The topological polar surface area (TPSA) is 49.4 Å². The first-order valence-electron chi connectivity index (χ1n) is 7.29. The predicted octanol–water partition coefficient (Wildman–Crippen LogP) is 5.42. The van der Waals surface area contributed by atoms with Gasteiger partial charge in [-0.05, 0) is 42.1 Å². The monoisotopic (exact) mass is 394 g/mol. The van der Waals surface area contributed by atoms with Crippen molar-refractivity contribution in [1.29, 1.82) is 0 Å². The van der Waals surface area contributed by atoms with Crippen LogP contribution in [0.4, 0.5) is 10.5 Å². The fourth-order valence-electron chi connectivity index (χ4n) is 1.85. The Morgan fingerprint density at radius 3 is 2.32 bits per heavy atom. The summed E-state index contributed by atoms with van der Waals surface area (Å²) in [7, 11) is 3.35. The molecule has 0 aliphatic rings. The van der Waals surface area contributed by atoms with E-state index in [-0.39, 0.29) is 11.1 Å². The molecule has 2 amide bonds. The quantitative estimate of drug-likeness (QED) is 0.556. The van der Waals surface area contributed by atoms with Crippen molar-refractivity contribution >= 4 is 57.9 Å². The number of carbonyl (C=O) groups excluding carboxylic acids is 2. The van der Waals surface area contributed by atoms with Crippen LogP contribution in [0.25, 0.3) is 6.08 Å². The van der Waals surface area contributed by atoms with Gasteiger partial charge in [0.15, 0.2) is 0 Å². The molecule has 130 valence electrons. The highest BCUT2D eigenvalue weighted by molar-refractivity contribution is 8.13. The summed E-state index contributed by atoms with van der Waals surface area (Å²) in [5.41, 5.74) is 1.13. The molecule has 1 N–H and O–H groups in total. The molecule has 0 atom stereocenters. The van der Waals surface area contributed by atoms with Gasteiger partial charge in [-0.1, -0.05) is 41.4 Å². The highest BCUT2D eigenvalue weighted by Gasteiger charge is 2.11. The Kier molecular flexibility index (Phi) is 6.93. The van der Waals surface area contributed by atoms with Crippen molar-refractivity contribution in [2.45, 2.75) is 4.90 Å². The summed E-state index contributed by atoms with van der Waals surface area (Å²) >= 11 is 13.2. The first-order valence-corrected chi connectivity index (χ1v) is 8.87. The van der Waals surface area contributed by atoms with Crippen LogP contribution in [0.3, 0.4) is 0 Å². The predicted molar refractivity (Wildman–Crippen MR) is 106 cm³/mol. The molecule has 0 spiro atoms. The van der Waals surface area contributed by atoms with E-state index in [1.807, 2.05) is 0 Å². The summed E-state index contributed by atoms with van der Waals surface area (Å²) < 4.78 is 0. The van der Waals surface area contributed by atoms with E-state index >= 15 is 0 Å². The number of hydrogen-bond acceptors (Lipinski definition) is 3. The van der Waals surface area contributed by atoms with E-state index in [4.69, 9.17) is 23.2 Å². The molecule has 25 heavy (non-hydrogen) atoms. The first-order chi connectivity index (χ1) is 11.9. The van der Waals surface area contributed by atoms with Crippen LogP contribution in [0.5, 0.6) is 0 Å². The fraction of sp³-hybridized carbons (Fsp3) is 0.111. The van der Waals surface area contributed by atoms with Crippen molar-refractivity contribution in [2.24, 2.45) is 0 Å². The minimum Gasteiger partial charge on any atom is -0.339 e. The van der Waals surface area contributed by atoms with Crippen molar-refractivity contribution in [1.82, 2.24) is 4.90 Å². The molecule has 2 aromatic carbocycles. The van der Waals surface area contributed by atoms with E-state index < -0.39 is 0 Å². The van der Waals surface area contributed by atoms with E-state index in [1.165, 1.54) is 11.0 Å². The number of para-hydroxylation sites is 1. The zero-order valence-electron chi connectivity index (χ0n) is 13.6. The molecule has 4 nitrogen and oxygen atoms in total. The lowest BCUT2D eigenvalue weighted by Crippen LogP contribution is -2.16. The van der Waals surface area contributed by atoms with E-state index in [2.05, 4.69) is 5.32 Å². The average molecular weight is 395 g/mol. The number of carbonyl (C=O) groups is 2. The number of nitrogens with one attached hydrogen (secondary N) is 1. The van der Waals surface area contributed by atoms with Gasteiger partial charge >= 0.3 is 0 Å². The number of benzene rings is 2. The Hall–Kier alpha value is -1.95. The fourth-order valence-corrected chi connectivity index (χ4v) is 3.12. The maximum absolute atomic E-state index is 12.2. The number of nitrogens with zero attached hydrogens (tertiary/aromatic N) is 1. The second-order valence-electron chi connectivity index (χ2n) is 5.22.